The lowest BCUT2D eigenvalue weighted by atomic mass is 9.98. The van der Waals surface area contributed by atoms with Gasteiger partial charge >= 0.3 is 0 Å². The predicted octanol–water partition coefficient (Wildman–Crippen LogP) is 2.70. The van der Waals surface area contributed by atoms with Gasteiger partial charge in [-0.2, -0.15) is 0 Å². The van der Waals surface area contributed by atoms with Gasteiger partial charge in [0.05, 0.1) is 5.92 Å². The first kappa shape index (κ1) is 9.16. The third kappa shape index (κ3) is 1.04. The summed E-state index contributed by atoms with van der Waals surface area (Å²) < 4.78 is 0. The third-order valence-corrected chi connectivity index (χ3v) is 3.12. The maximum absolute atomic E-state index is 11.2. The van der Waals surface area contributed by atoms with Gasteiger partial charge in [0.1, 0.15) is 12.0 Å². The third-order valence-electron chi connectivity index (χ3n) is 3.12. The smallest absolute Gasteiger partial charge is 0.132 e. The summed E-state index contributed by atoms with van der Waals surface area (Å²) in [7, 11) is 0. The van der Waals surface area contributed by atoms with Gasteiger partial charge in [0, 0.05) is 5.56 Å². The highest BCUT2D eigenvalue weighted by atomic mass is 16.3. The molecule has 3 rings (SSSR count). The Hall–Kier alpha value is -2.09. The van der Waals surface area contributed by atoms with Gasteiger partial charge in [-0.25, -0.2) is 0 Å². The zero-order valence-electron chi connectivity index (χ0n) is 8.55. The SMILES string of the molecule is O=CC1c2ccccc2-c2cccc(O)c21. The van der Waals surface area contributed by atoms with Crippen molar-refractivity contribution < 1.29 is 9.90 Å². The molecule has 0 bridgehead atoms. The van der Waals surface area contributed by atoms with Crippen molar-refractivity contribution in [1.29, 1.82) is 0 Å². The van der Waals surface area contributed by atoms with Gasteiger partial charge in [0.15, 0.2) is 0 Å². The Morgan fingerprint density at radius 3 is 2.56 bits per heavy atom. The first-order valence-electron chi connectivity index (χ1n) is 5.19. The summed E-state index contributed by atoms with van der Waals surface area (Å²) in [5, 5.41) is 9.85. The van der Waals surface area contributed by atoms with Crippen LogP contribution in [-0.4, -0.2) is 11.4 Å². The number of fused-ring (bicyclic) bond motifs is 3. The highest BCUT2D eigenvalue weighted by Gasteiger charge is 2.30. The van der Waals surface area contributed by atoms with E-state index in [2.05, 4.69) is 0 Å². The van der Waals surface area contributed by atoms with Crippen LogP contribution in [0, 0.1) is 0 Å². The molecule has 1 N–H and O–H groups in total. The van der Waals surface area contributed by atoms with E-state index in [9.17, 15) is 9.90 Å². The first-order valence-corrected chi connectivity index (χ1v) is 5.19. The quantitative estimate of drug-likeness (QED) is 0.735. The van der Waals surface area contributed by atoms with E-state index in [1.807, 2.05) is 30.3 Å². The molecule has 2 nitrogen and oxygen atoms in total. The Balaban J connectivity index is 2.38. The van der Waals surface area contributed by atoms with E-state index in [0.29, 0.717) is 0 Å². The average molecular weight is 210 g/mol. The molecule has 2 heteroatoms. The average Bonchev–Trinajstić information content (AvgIpc) is 2.65. The molecule has 1 atom stereocenters. The van der Waals surface area contributed by atoms with Gasteiger partial charge in [-0.1, -0.05) is 36.4 Å². The van der Waals surface area contributed by atoms with Gasteiger partial charge in [0.25, 0.3) is 0 Å². The summed E-state index contributed by atoms with van der Waals surface area (Å²) >= 11 is 0. The summed E-state index contributed by atoms with van der Waals surface area (Å²) in [4.78, 5) is 11.2. The van der Waals surface area contributed by atoms with Crippen LogP contribution < -0.4 is 0 Å². The Morgan fingerprint density at radius 2 is 1.75 bits per heavy atom. The molecule has 2 aromatic carbocycles. The lowest BCUT2D eigenvalue weighted by Gasteiger charge is -2.06. The molecule has 16 heavy (non-hydrogen) atoms. The minimum absolute atomic E-state index is 0.200. The minimum Gasteiger partial charge on any atom is -0.508 e. The maximum Gasteiger partial charge on any atom is 0.132 e. The van der Waals surface area contributed by atoms with Gasteiger partial charge in [-0.3, -0.25) is 0 Å². The molecule has 2 aromatic rings. The number of hydrogen-bond acceptors (Lipinski definition) is 2. The summed E-state index contributed by atoms with van der Waals surface area (Å²) in [6.07, 6.45) is 0.893. The molecule has 0 heterocycles. The standard InChI is InChI=1S/C14H10O2/c15-8-12-10-5-2-1-4-9(10)11-6-3-7-13(16)14(11)12/h1-8,12,16H. The second-order valence-electron chi connectivity index (χ2n) is 3.94. The largest absolute Gasteiger partial charge is 0.508 e. The van der Waals surface area contributed by atoms with Gasteiger partial charge < -0.3 is 9.90 Å². The Bertz CT molecular complexity index is 573. The Labute approximate surface area is 93.2 Å². The number of carbonyl (C=O) groups is 1. The Morgan fingerprint density at radius 1 is 1.00 bits per heavy atom. The lowest BCUT2D eigenvalue weighted by molar-refractivity contribution is -0.108. The molecule has 0 spiro atoms. The summed E-state index contributed by atoms with van der Waals surface area (Å²) in [6.45, 7) is 0. The van der Waals surface area contributed by atoms with Crippen LogP contribution in [0.1, 0.15) is 17.0 Å². The molecule has 1 aliphatic carbocycles. The molecular formula is C14H10O2. The van der Waals surface area contributed by atoms with E-state index >= 15 is 0 Å². The van der Waals surface area contributed by atoms with Gasteiger partial charge in [-0.15, -0.1) is 0 Å². The van der Waals surface area contributed by atoms with Crippen molar-refractivity contribution in [3.05, 3.63) is 53.6 Å². The number of rotatable bonds is 1. The number of phenols is 1. The van der Waals surface area contributed by atoms with Crippen LogP contribution in [0.3, 0.4) is 0 Å². The highest BCUT2D eigenvalue weighted by molar-refractivity contribution is 5.89. The van der Waals surface area contributed by atoms with E-state index in [0.717, 1.165) is 28.5 Å². The van der Waals surface area contributed by atoms with Crippen molar-refractivity contribution in [3.63, 3.8) is 0 Å². The zero-order valence-corrected chi connectivity index (χ0v) is 8.55. The fourth-order valence-corrected chi connectivity index (χ4v) is 2.43. The van der Waals surface area contributed by atoms with Crippen LogP contribution >= 0.6 is 0 Å². The number of aldehydes is 1. The molecule has 0 aliphatic heterocycles. The van der Waals surface area contributed by atoms with Crippen LogP contribution in [0.2, 0.25) is 0 Å². The Kier molecular flexibility index (Phi) is 1.83. The van der Waals surface area contributed by atoms with E-state index in [-0.39, 0.29) is 11.7 Å². The van der Waals surface area contributed by atoms with E-state index in [4.69, 9.17) is 0 Å². The number of phenolic OH excluding ortho intramolecular Hbond substituents is 1. The van der Waals surface area contributed by atoms with Crippen LogP contribution in [0.25, 0.3) is 11.1 Å². The first-order chi connectivity index (χ1) is 7.83. The van der Waals surface area contributed by atoms with Gasteiger partial charge in [-0.05, 0) is 22.8 Å². The predicted molar refractivity (Wildman–Crippen MR) is 61.4 cm³/mol. The monoisotopic (exact) mass is 210 g/mol. The van der Waals surface area contributed by atoms with Crippen molar-refractivity contribution in [1.82, 2.24) is 0 Å². The normalized spacial score (nSPS) is 16.6. The molecular weight excluding hydrogens is 200 g/mol. The molecule has 0 fully saturated rings. The second-order valence-corrected chi connectivity index (χ2v) is 3.94. The molecule has 78 valence electrons. The summed E-state index contributed by atoms with van der Waals surface area (Å²) in [5.41, 5.74) is 3.73. The van der Waals surface area contributed by atoms with Crippen LogP contribution in [0.5, 0.6) is 5.75 Å². The maximum atomic E-state index is 11.2. The summed E-state index contributed by atoms with van der Waals surface area (Å²) in [5.74, 6) is -0.127. The van der Waals surface area contributed by atoms with Gasteiger partial charge in [0.2, 0.25) is 0 Å². The van der Waals surface area contributed by atoms with Crippen molar-refractivity contribution in [3.8, 4) is 16.9 Å². The molecule has 0 radical (unpaired) electrons. The van der Waals surface area contributed by atoms with Crippen molar-refractivity contribution >= 4 is 6.29 Å². The van der Waals surface area contributed by atoms with Crippen LogP contribution in [0.4, 0.5) is 0 Å². The van der Waals surface area contributed by atoms with E-state index in [1.54, 1.807) is 12.1 Å². The van der Waals surface area contributed by atoms with Crippen LogP contribution in [0.15, 0.2) is 42.5 Å². The molecule has 1 unspecified atom stereocenters. The topological polar surface area (TPSA) is 37.3 Å². The van der Waals surface area contributed by atoms with Crippen LogP contribution in [-0.2, 0) is 4.79 Å². The molecule has 0 aromatic heterocycles. The number of hydrogen-bond donors (Lipinski definition) is 1. The summed E-state index contributed by atoms with van der Waals surface area (Å²) in [6, 6.07) is 13.2. The highest BCUT2D eigenvalue weighted by Crippen LogP contribution is 2.47. The minimum atomic E-state index is -0.326. The fraction of sp³-hybridized carbons (Fsp3) is 0.0714. The number of carbonyl (C=O) groups excluding carboxylic acids is 1. The second kappa shape index (κ2) is 3.20. The fourth-order valence-electron chi connectivity index (χ4n) is 2.43. The lowest BCUT2D eigenvalue weighted by Crippen LogP contribution is -1.97. The molecule has 0 saturated carbocycles. The number of aromatic hydroxyl groups is 1. The molecule has 0 saturated heterocycles. The van der Waals surface area contributed by atoms with Crippen molar-refractivity contribution in [2.24, 2.45) is 0 Å². The molecule has 1 aliphatic rings. The van der Waals surface area contributed by atoms with Crippen molar-refractivity contribution in [2.75, 3.05) is 0 Å². The molecule has 0 amide bonds. The zero-order chi connectivity index (χ0) is 11.1. The number of benzene rings is 2. The van der Waals surface area contributed by atoms with Crippen molar-refractivity contribution in [2.45, 2.75) is 5.92 Å². The van der Waals surface area contributed by atoms with E-state index < -0.39 is 0 Å². The van der Waals surface area contributed by atoms with E-state index in [1.165, 1.54) is 0 Å².